The van der Waals surface area contributed by atoms with Gasteiger partial charge in [0, 0.05) is 71.9 Å². The molecule has 0 spiro atoms. The van der Waals surface area contributed by atoms with Crippen LogP contribution in [0.3, 0.4) is 0 Å². The summed E-state index contributed by atoms with van der Waals surface area (Å²) in [5.74, 6) is -1.56. The molecule has 14 heteroatoms. The lowest BCUT2D eigenvalue weighted by molar-refractivity contribution is -0.136. The van der Waals surface area contributed by atoms with Gasteiger partial charge >= 0.3 is 0 Å². The number of hydrogen-bond donors (Lipinski definition) is 2. The number of piperidine rings is 2. The number of carbonyl (C=O) groups is 4. The molecule has 2 N–H and O–H groups in total. The van der Waals surface area contributed by atoms with Crippen LogP contribution >= 0.6 is 15.9 Å². The second-order valence-corrected chi connectivity index (χ2v) is 14.7. The van der Waals surface area contributed by atoms with Gasteiger partial charge in [0.15, 0.2) is 0 Å². The van der Waals surface area contributed by atoms with Crippen molar-refractivity contribution in [1.82, 2.24) is 34.7 Å². The van der Waals surface area contributed by atoms with E-state index in [1.807, 2.05) is 6.07 Å². The highest BCUT2D eigenvalue weighted by atomic mass is 79.9. The molecule has 4 amide bonds. The number of nitrogens with zero attached hydrogens (tertiary/aromatic N) is 6. The predicted octanol–water partition coefficient (Wildman–Crippen LogP) is 2.16. The van der Waals surface area contributed by atoms with Crippen LogP contribution in [0.25, 0.3) is 0 Å². The molecule has 3 aromatic rings. The molecule has 4 aliphatic rings. The first-order valence-corrected chi connectivity index (χ1v) is 17.9. The number of anilines is 1. The summed E-state index contributed by atoms with van der Waals surface area (Å²) in [5, 5.41) is 9.96. The summed E-state index contributed by atoms with van der Waals surface area (Å²) in [6.07, 6.45) is 2.88. The molecule has 7 rings (SSSR count). The smallest absolute Gasteiger partial charge is 0.282 e. The van der Waals surface area contributed by atoms with E-state index < -0.39 is 23.8 Å². The first-order valence-electron chi connectivity index (χ1n) is 17.1. The molecule has 0 bridgehead atoms. The van der Waals surface area contributed by atoms with Gasteiger partial charge in [0.25, 0.3) is 17.4 Å². The van der Waals surface area contributed by atoms with Crippen molar-refractivity contribution in [2.24, 2.45) is 7.05 Å². The maximum Gasteiger partial charge on any atom is 0.282 e. The standard InChI is InChI=1S/C36H41BrN8O5/c1-41-19-25(16-26(21-41)39-28-17-38-42(2)36(50)32(28)37)23-8-6-22(7-9-23)18-43-12-14-44(15-13-43)20-24-4-3-5-27-31(24)35(49)45(34(27)48)29-10-11-30(46)40-33(29)47/h3-9,17,25-26,29,39H,10-16,18-21H2,1-2H3,(H,40,46,47)/t25-,26+,29?/m1/s1. The Morgan fingerprint density at radius 3 is 2.34 bits per heavy atom. The van der Waals surface area contributed by atoms with Crippen LogP contribution in [0, 0.1) is 0 Å². The number of nitrogens with one attached hydrogen (secondary N) is 2. The van der Waals surface area contributed by atoms with Gasteiger partial charge in [-0.15, -0.1) is 0 Å². The molecule has 1 unspecified atom stereocenters. The molecule has 1 aromatic heterocycles. The summed E-state index contributed by atoms with van der Waals surface area (Å²) < 4.78 is 1.81. The van der Waals surface area contributed by atoms with Crippen LogP contribution < -0.4 is 16.2 Å². The van der Waals surface area contributed by atoms with Gasteiger partial charge in [-0.05, 0) is 64.5 Å². The highest BCUT2D eigenvalue weighted by Crippen LogP contribution is 2.32. The van der Waals surface area contributed by atoms with E-state index in [9.17, 15) is 24.0 Å². The van der Waals surface area contributed by atoms with Crippen LogP contribution in [0.2, 0.25) is 0 Å². The molecule has 4 aliphatic heterocycles. The third kappa shape index (κ3) is 6.89. The molecular formula is C36H41BrN8O5. The molecule has 50 heavy (non-hydrogen) atoms. The molecule has 5 heterocycles. The summed E-state index contributed by atoms with van der Waals surface area (Å²) >= 11 is 3.43. The number of benzene rings is 2. The minimum Gasteiger partial charge on any atom is -0.379 e. The quantitative estimate of drug-likeness (QED) is 0.330. The number of aryl methyl sites for hydroxylation is 1. The third-order valence-corrected chi connectivity index (χ3v) is 11.1. The Morgan fingerprint density at radius 2 is 1.62 bits per heavy atom. The second-order valence-electron chi connectivity index (χ2n) is 13.9. The zero-order chi connectivity index (χ0) is 35.1. The molecule has 3 saturated heterocycles. The van der Waals surface area contributed by atoms with Gasteiger partial charge in [-0.25, -0.2) is 4.68 Å². The highest BCUT2D eigenvalue weighted by molar-refractivity contribution is 9.10. The van der Waals surface area contributed by atoms with E-state index in [0.717, 1.165) is 68.4 Å². The number of likely N-dealkylation sites (tertiary alicyclic amines) is 1. The van der Waals surface area contributed by atoms with Crippen molar-refractivity contribution in [3.63, 3.8) is 0 Å². The lowest BCUT2D eigenvalue weighted by Gasteiger charge is -2.37. The Bertz CT molecular complexity index is 1890. The van der Waals surface area contributed by atoms with Crippen LogP contribution in [0.1, 0.15) is 62.6 Å². The Hall–Kier alpha value is -4.24. The minimum atomic E-state index is -0.971. The number of fused-ring (bicyclic) bond motifs is 1. The first-order chi connectivity index (χ1) is 24.0. The normalized spacial score (nSPS) is 23.7. The van der Waals surface area contributed by atoms with E-state index in [1.54, 1.807) is 25.4 Å². The lowest BCUT2D eigenvalue weighted by atomic mass is 9.87. The summed E-state index contributed by atoms with van der Waals surface area (Å²) in [6.45, 7) is 6.62. The zero-order valence-corrected chi connectivity index (χ0v) is 29.8. The number of imide groups is 2. The minimum absolute atomic E-state index is 0.0954. The van der Waals surface area contributed by atoms with Crippen LogP contribution in [0.4, 0.5) is 5.69 Å². The van der Waals surface area contributed by atoms with Crippen molar-refractivity contribution >= 4 is 45.2 Å². The van der Waals surface area contributed by atoms with Gasteiger partial charge in [-0.3, -0.25) is 44.0 Å². The van der Waals surface area contributed by atoms with Gasteiger partial charge in [0.05, 0.1) is 23.0 Å². The Morgan fingerprint density at radius 1 is 0.900 bits per heavy atom. The fraction of sp³-hybridized carbons (Fsp3) is 0.444. The van der Waals surface area contributed by atoms with Crippen molar-refractivity contribution in [2.45, 2.75) is 50.4 Å². The predicted molar refractivity (Wildman–Crippen MR) is 190 cm³/mol. The maximum absolute atomic E-state index is 13.5. The molecular weight excluding hydrogens is 704 g/mol. The van der Waals surface area contributed by atoms with E-state index in [4.69, 9.17) is 0 Å². The SMILES string of the molecule is CN1C[C@@H](Nc2cnn(C)c(=O)c2Br)C[C@@H](c2ccc(CN3CCN(Cc4cccc5c4C(=O)N(C4CCC(=O)NC4=O)C5=O)CC3)cc2)C1. The number of hydrogen-bond acceptors (Lipinski definition) is 10. The third-order valence-electron chi connectivity index (χ3n) is 10.3. The van der Waals surface area contributed by atoms with Gasteiger partial charge in [0.2, 0.25) is 11.8 Å². The average molecular weight is 746 g/mol. The summed E-state index contributed by atoms with van der Waals surface area (Å²) in [6, 6.07) is 13.5. The van der Waals surface area contributed by atoms with Crippen molar-refractivity contribution < 1.29 is 19.2 Å². The molecule has 0 aliphatic carbocycles. The van der Waals surface area contributed by atoms with E-state index in [1.165, 1.54) is 15.8 Å². The van der Waals surface area contributed by atoms with Gasteiger partial charge in [-0.1, -0.05) is 36.4 Å². The van der Waals surface area contributed by atoms with Crippen molar-refractivity contribution in [2.75, 3.05) is 51.6 Å². The topological polar surface area (TPSA) is 140 Å². The van der Waals surface area contributed by atoms with Crippen molar-refractivity contribution in [3.05, 3.63) is 91.3 Å². The lowest BCUT2D eigenvalue weighted by Crippen LogP contribution is -2.54. The fourth-order valence-electron chi connectivity index (χ4n) is 7.71. The Labute approximate surface area is 298 Å². The molecule has 3 fully saturated rings. The van der Waals surface area contributed by atoms with Gasteiger partial charge < -0.3 is 10.2 Å². The highest BCUT2D eigenvalue weighted by Gasteiger charge is 2.45. The number of amides is 4. The zero-order valence-electron chi connectivity index (χ0n) is 28.2. The number of carbonyl (C=O) groups excluding carboxylic acids is 4. The van der Waals surface area contributed by atoms with Gasteiger partial charge in [0.1, 0.15) is 10.5 Å². The first kappa shape index (κ1) is 34.2. The Balaban J connectivity index is 0.929. The van der Waals surface area contributed by atoms with E-state index >= 15 is 0 Å². The number of likely N-dealkylation sites (N-methyl/N-ethyl adjacent to an activating group) is 1. The largest absolute Gasteiger partial charge is 0.379 e. The maximum atomic E-state index is 13.5. The molecule has 262 valence electrons. The van der Waals surface area contributed by atoms with Crippen molar-refractivity contribution in [3.8, 4) is 0 Å². The monoisotopic (exact) mass is 744 g/mol. The summed E-state index contributed by atoms with van der Waals surface area (Å²) in [4.78, 5) is 71.3. The molecule has 13 nitrogen and oxygen atoms in total. The van der Waals surface area contributed by atoms with Crippen LogP contribution in [-0.4, -0.2) is 111 Å². The molecule has 0 saturated carbocycles. The van der Waals surface area contributed by atoms with Crippen LogP contribution in [0.15, 0.2) is 57.9 Å². The van der Waals surface area contributed by atoms with Crippen LogP contribution in [0.5, 0.6) is 0 Å². The van der Waals surface area contributed by atoms with E-state index in [2.05, 4.69) is 77.7 Å². The summed E-state index contributed by atoms with van der Waals surface area (Å²) in [5.41, 5.74) is 4.58. The Kier molecular flexibility index (Phi) is 9.70. The fourth-order valence-corrected chi connectivity index (χ4v) is 8.19. The van der Waals surface area contributed by atoms with E-state index in [0.29, 0.717) is 28.1 Å². The molecule has 0 radical (unpaired) electrons. The van der Waals surface area contributed by atoms with E-state index in [-0.39, 0.29) is 30.3 Å². The average Bonchev–Trinajstić information content (AvgIpc) is 3.35. The second kappa shape index (κ2) is 14.2. The van der Waals surface area contributed by atoms with Crippen molar-refractivity contribution in [1.29, 1.82) is 0 Å². The number of piperazine rings is 1. The molecule has 2 aromatic carbocycles. The number of halogens is 1. The van der Waals surface area contributed by atoms with Gasteiger partial charge in [-0.2, -0.15) is 5.10 Å². The van der Waals surface area contributed by atoms with Crippen LogP contribution in [-0.2, 0) is 29.7 Å². The number of rotatable bonds is 8. The number of aromatic nitrogens is 2. The molecule has 3 atom stereocenters. The summed E-state index contributed by atoms with van der Waals surface area (Å²) in [7, 11) is 3.77.